The smallest absolute Gasteiger partial charge is 0.345 e. The van der Waals surface area contributed by atoms with Gasteiger partial charge in [-0.25, -0.2) is 9.59 Å². The first-order valence-electron chi connectivity index (χ1n) is 9.68. The molecule has 2 bridgehead atoms. The van der Waals surface area contributed by atoms with Gasteiger partial charge in [0.25, 0.3) is 0 Å². The van der Waals surface area contributed by atoms with E-state index in [9.17, 15) is 14.7 Å². The number of esters is 1. The Hall–Kier alpha value is -1.78. The van der Waals surface area contributed by atoms with Crippen LogP contribution >= 0.6 is 22.7 Å². The van der Waals surface area contributed by atoms with Crippen molar-refractivity contribution in [2.75, 3.05) is 26.2 Å². The van der Waals surface area contributed by atoms with Gasteiger partial charge in [-0.2, -0.15) is 0 Å². The SMILES string of the molecule is O=C(O)c1ccc(CNCC(O)(C(=O)O[C@H]2CN3CCC2CC3)c2cccs2)s1. The highest BCUT2D eigenvalue weighted by molar-refractivity contribution is 7.13. The first kappa shape index (κ1) is 20.5. The highest BCUT2D eigenvalue weighted by Gasteiger charge is 2.44. The third-order valence-corrected chi connectivity index (χ3v) is 7.77. The minimum absolute atomic E-state index is 0.00620. The van der Waals surface area contributed by atoms with Crippen molar-refractivity contribution in [2.24, 2.45) is 5.92 Å². The molecule has 7 nitrogen and oxygen atoms in total. The lowest BCUT2D eigenvalue weighted by Crippen LogP contribution is -2.54. The van der Waals surface area contributed by atoms with Crippen molar-refractivity contribution in [1.82, 2.24) is 10.2 Å². The number of rotatable bonds is 8. The van der Waals surface area contributed by atoms with E-state index in [0.717, 1.165) is 37.4 Å². The third kappa shape index (κ3) is 4.39. The molecule has 1 unspecified atom stereocenters. The molecule has 5 rings (SSSR count). The van der Waals surface area contributed by atoms with Gasteiger partial charge in [-0.05, 0) is 55.4 Å². The monoisotopic (exact) mass is 436 g/mol. The summed E-state index contributed by atoms with van der Waals surface area (Å²) < 4.78 is 5.81. The molecule has 2 aromatic heterocycles. The summed E-state index contributed by atoms with van der Waals surface area (Å²) in [6, 6.07) is 6.82. The minimum atomic E-state index is -1.77. The molecule has 0 radical (unpaired) electrons. The third-order valence-electron chi connectivity index (χ3n) is 5.67. The molecule has 3 aliphatic rings. The van der Waals surface area contributed by atoms with Crippen LogP contribution in [-0.4, -0.2) is 59.3 Å². The number of piperidine rings is 3. The number of nitrogens with zero attached hydrogens (tertiary/aromatic N) is 1. The quantitative estimate of drug-likeness (QED) is 0.545. The number of nitrogens with one attached hydrogen (secondary N) is 1. The maximum absolute atomic E-state index is 13.0. The van der Waals surface area contributed by atoms with Gasteiger partial charge < -0.3 is 20.3 Å². The number of carbonyl (C=O) groups is 2. The second kappa shape index (κ2) is 8.53. The summed E-state index contributed by atoms with van der Waals surface area (Å²) in [5.41, 5.74) is -1.77. The van der Waals surface area contributed by atoms with E-state index in [1.165, 1.54) is 22.7 Å². The van der Waals surface area contributed by atoms with Crippen molar-refractivity contribution in [1.29, 1.82) is 0 Å². The van der Waals surface area contributed by atoms with Crippen LogP contribution in [0.4, 0.5) is 0 Å². The van der Waals surface area contributed by atoms with Gasteiger partial charge in [-0.1, -0.05) is 6.07 Å². The van der Waals surface area contributed by atoms with E-state index in [0.29, 0.717) is 17.3 Å². The van der Waals surface area contributed by atoms with E-state index >= 15 is 0 Å². The molecule has 0 spiro atoms. The van der Waals surface area contributed by atoms with Crippen LogP contribution in [0.15, 0.2) is 29.6 Å². The molecule has 3 saturated heterocycles. The van der Waals surface area contributed by atoms with Gasteiger partial charge in [-0.3, -0.25) is 4.90 Å². The number of carbonyl (C=O) groups excluding carboxylic acids is 1. The van der Waals surface area contributed by atoms with Crippen LogP contribution in [0, 0.1) is 5.92 Å². The van der Waals surface area contributed by atoms with Crippen molar-refractivity contribution >= 4 is 34.6 Å². The van der Waals surface area contributed by atoms with Gasteiger partial charge in [0, 0.05) is 29.4 Å². The van der Waals surface area contributed by atoms with Crippen LogP contribution in [0.5, 0.6) is 0 Å². The van der Waals surface area contributed by atoms with Gasteiger partial charge in [0.05, 0.1) is 0 Å². The molecule has 3 fully saturated rings. The van der Waals surface area contributed by atoms with Crippen molar-refractivity contribution in [3.63, 3.8) is 0 Å². The molecule has 2 atom stereocenters. The summed E-state index contributed by atoms with van der Waals surface area (Å²) in [4.78, 5) is 28.0. The second-order valence-electron chi connectivity index (χ2n) is 7.59. The van der Waals surface area contributed by atoms with E-state index in [4.69, 9.17) is 9.84 Å². The first-order valence-corrected chi connectivity index (χ1v) is 11.4. The molecule has 5 heterocycles. The zero-order chi connectivity index (χ0) is 20.4. The summed E-state index contributed by atoms with van der Waals surface area (Å²) in [5, 5.41) is 25.2. The number of aliphatic hydroxyl groups is 1. The number of ether oxygens (including phenoxy) is 1. The minimum Gasteiger partial charge on any atom is -0.477 e. The fraction of sp³-hybridized carbons (Fsp3) is 0.500. The van der Waals surface area contributed by atoms with E-state index in [-0.39, 0.29) is 17.5 Å². The number of hydrogen-bond donors (Lipinski definition) is 3. The highest BCUT2D eigenvalue weighted by Crippen LogP contribution is 2.33. The topological polar surface area (TPSA) is 99.1 Å². The molecule has 0 aromatic carbocycles. The average molecular weight is 437 g/mol. The van der Waals surface area contributed by atoms with Gasteiger partial charge in [0.1, 0.15) is 11.0 Å². The molecule has 29 heavy (non-hydrogen) atoms. The molecular weight excluding hydrogens is 412 g/mol. The van der Waals surface area contributed by atoms with Gasteiger partial charge in [0.15, 0.2) is 0 Å². The van der Waals surface area contributed by atoms with Gasteiger partial charge >= 0.3 is 11.9 Å². The second-order valence-corrected chi connectivity index (χ2v) is 9.71. The van der Waals surface area contributed by atoms with Crippen molar-refractivity contribution < 1.29 is 24.5 Å². The van der Waals surface area contributed by atoms with Gasteiger partial charge in [-0.15, -0.1) is 22.7 Å². The van der Waals surface area contributed by atoms with Crippen molar-refractivity contribution in [3.8, 4) is 0 Å². The lowest BCUT2D eigenvalue weighted by atomic mass is 9.85. The fourth-order valence-electron chi connectivity index (χ4n) is 4.01. The fourth-order valence-corrected chi connectivity index (χ4v) is 5.64. The highest BCUT2D eigenvalue weighted by atomic mass is 32.1. The lowest BCUT2D eigenvalue weighted by Gasteiger charge is -2.44. The number of carboxylic acid groups (broad SMARTS) is 1. The van der Waals surface area contributed by atoms with Crippen LogP contribution in [0.3, 0.4) is 0 Å². The van der Waals surface area contributed by atoms with Crippen LogP contribution in [0.25, 0.3) is 0 Å². The Labute approximate surface area is 176 Å². The number of fused-ring (bicyclic) bond motifs is 3. The number of hydrogen-bond acceptors (Lipinski definition) is 8. The van der Waals surface area contributed by atoms with E-state index in [1.54, 1.807) is 24.3 Å². The zero-order valence-electron chi connectivity index (χ0n) is 15.9. The molecular formula is C20H24N2O5S2. The van der Waals surface area contributed by atoms with Crippen molar-refractivity contribution in [2.45, 2.75) is 31.1 Å². The molecule has 0 saturated carbocycles. The Balaban J connectivity index is 1.42. The first-order chi connectivity index (χ1) is 14.0. The predicted molar refractivity (Wildman–Crippen MR) is 110 cm³/mol. The van der Waals surface area contributed by atoms with Crippen LogP contribution in [0.2, 0.25) is 0 Å². The molecule has 9 heteroatoms. The standard InChI is InChI=1S/C20H24N2O5S2/c23-18(24)16-4-3-14(29-16)10-21-12-20(26,17-2-1-9-28-17)19(25)27-15-11-22-7-5-13(15)6-8-22/h1-4,9,13,15,21,26H,5-8,10-12H2,(H,23,24)/t15-,20?/m0/s1. The Bertz CT molecular complexity index is 860. The maximum Gasteiger partial charge on any atom is 0.345 e. The molecule has 2 aromatic rings. The number of thiophene rings is 2. The molecule has 0 aliphatic carbocycles. The summed E-state index contributed by atoms with van der Waals surface area (Å²) in [6.45, 7) is 3.19. The van der Waals surface area contributed by atoms with Crippen LogP contribution in [-0.2, 0) is 21.7 Å². The largest absolute Gasteiger partial charge is 0.477 e. The summed E-state index contributed by atoms with van der Waals surface area (Å²) in [7, 11) is 0. The molecule has 3 aliphatic heterocycles. The number of carboxylic acids is 1. The van der Waals surface area contributed by atoms with E-state index < -0.39 is 17.5 Å². The summed E-state index contributed by atoms with van der Waals surface area (Å²) in [6.07, 6.45) is 1.88. The Morgan fingerprint density at radius 3 is 2.66 bits per heavy atom. The van der Waals surface area contributed by atoms with E-state index in [2.05, 4.69) is 10.2 Å². The Kier molecular flexibility index (Phi) is 6.03. The molecule has 3 N–H and O–H groups in total. The van der Waals surface area contributed by atoms with Crippen LogP contribution < -0.4 is 5.32 Å². The lowest BCUT2D eigenvalue weighted by molar-refractivity contribution is -0.180. The molecule has 0 amide bonds. The predicted octanol–water partition coefficient (Wildman–Crippen LogP) is 2.12. The van der Waals surface area contributed by atoms with Crippen LogP contribution in [0.1, 0.15) is 32.3 Å². The van der Waals surface area contributed by atoms with E-state index in [1.807, 2.05) is 5.38 Å². The van der Waals surface area contributed by atoms with Crippen molar-refractivity contribution in [3.05, 3.63) is 44.3 Å². The number of aromatic carboxylic acids is 1. The summed E-state index contributed by atoms with van der Waals surface area (Å²) in [5.74, 6) is -1.22. The molecule has 156 valence electrons. The summed E-state index contributed by atoms with van der Waals surface area (Å²) >= 11 is 2.48. The Morgan fingerprint density at radius 2 is 2.07 bits per heavy atom. The van der Waals surface area contributed by atoms with Gasteiger partial charge in [0.2, 0.25) is 5.60 Å². The average Bonchev–Trinajstić information content (AvgIpc) is 3.41. The normalized spacial score (nSPS) is 25.5. The Morgan fingerprint density at radius 1 is 1.28 bits per heavy atom. The maximum atomic E-state index is 13.0. The zero-order valence-corrected chi connectivity index (χ0v) is 17.5.